The molecule has 0 saturated heterocycles. The van der Waals surface area contributed by atoms with Gasteiger partial charge in [-0.2, -0.15) is 5.26 Å². The molecule has 0 unspecified atom stereocenters. The van der Waals surface area contributed by atoms with Crippen molar-refractivity contribution in [2.24, 2.45) is 0 Å². The van der Waals surface area contributed by atoms with Crippen LogP contribution in [0.3, 0.4) is 0 Å². The number of ether oxygens (including phenoxy) is 1. The normalized spacial score (nSPS) is 14.4. The van der Waals surface area contributed by atoms with Gasteiger partial charge in [0.25, 0.3) is 5.91 Å². The third-order valence-electron chi connectivity index (χ3n) is 2.75. The van der Waals surface area contributed by atoms with E-state index in [0.29, 0.717) is 17.5 Å². The molecule has 1 fully saturated rings. The SMILES string of the molecule is COc1ccc(NC(=O)/C(C#N)=C\NC2CC2)cc1. The van der Waals surface area contributed by atoms with Crippen LogP contribution in [0.5, 0.6) is 5.75 Å². The van der Waals surface area contributed by atoms with E-state index in [2.05, 4.69) is 10.6 Å². The Labute approximate surface area is 111 Å². The highest BCUT2D eigenvalue weighted by molar-refractivity contribution is 6.06. The van der Waals surface area contributed by atoms with Gasteiger partial charge in [0.05, 0.1) is 7.11 Å². The first-order chi connectivity index (χ1) is 9.22. The number of benzene rings is 1. The van der Waals surface area contributed by atoms with E-state index in [4.69, 9.17) is 10.00 Å². The van der Waals surface area contributed by atoms with Crippen LogP contribution in [-0.4, -0.2) is 19.1 Å². The molecule has 0 heterocycles. The van der Waals surface area contributed by atoms with E-state index in [1.54, 1.807) is 31.4 Å². The third-order valence-corrected chi connectivity index (χ3v) is 2.75. The van der Waals surface area contributed by atoms with Gasteiger partial charge in [-0.3, -0.25) is 4.79 Å². The molecule has 0 aliphatic heterocycles. The zero-order valence-electron chi connectivity index (χ0n) is 10.6. The highest BCUT2D eigenvalue weighted by Gasteiger charge is 2.20. The number of carbonyl (C=O) groups is 1. The largest absolute Gasteiger partial charge is 0.497 e. The van der Waals surface area contributed by atoms with Crippen LogP contribution in [0.2, 0.25) is 0 Å². The van der Waals surface area contributed by atoms with Crippen molar-refractivity contribution in [1.82, 2.24) is 5.32 Å². The standard InChI is InChI=1S/C14H15N3O2/c1-19-13-6-4-12(5-7-13)17-14(18)10(8-15)9-16-11-2-3-11/h4-7,9,11,16H,2-3H2,1H3,(H,17,18)/b10-9-. The summed E-state index contributed by atoms with van der Waals surface area (Å²) >= 11 is 0. The molecule has 1 aromatic carbocycles. The average Bonchev–Trinajstić information content (AvgIpc) is 3.24. The summed E-state index contributed by atoms with van der Waals surface area (Å²) in [5, 5.41) is 14.6. The van der Waals surface area contributed by atoms with Crippen LogP contribution in [0.25, 0.3) is 0 Å². The van der Waals surface area contributed by atoms with E-state index in [9.17, 15) is 4.79 Å². The molecular formula is C14H15N3O2. The highest BCUT2D eigenvalue weighted by Crippen LogP contribution is 2.19. The Bertz CT molecular complexity index is 525. The molecule has 98 valence electrons. The van der Waals surface area contributed by atoms with Gasteiger partial charge in [0.1, 0.15) is 17.4 Å². The summed E-state index contributed by atoms with van der Waals surface area (Å²) in [7, 11) is 1.58. The number of methoxy groups -OCH3 is 1. The zero-order chi connectivity index (χ0) is 13.7. The van der Waals surface area contributed by atoms with E-state index >= 15 is 0 Å². The number of carbonyl (C=O) groups excluding carboxylic acids is 1. The van der Waals surface area contributed by atoms with Crippen LogP contribution in [0.1, 0.15) is 12.8 Å². The summed E-state index contributed by atoms with van der Waals surface area (Å²) in [5.41, 5.74) is 0.695. The molecule has 1 amide bonds. The first kappa shape index (κ1) is 13.0. The van der Waals surface area contributed by atoms with Crippen LogP contribution in [0, 0.1) is 11.3 Å². The first-order valence-electron chi connectivity index (χ1n) is 6.04. The number of nitrogens with one attached hydrogen (secondary N) is 2. The number of anilines is 1. The molecule has 1 aliphatic carbocycles. The average molecular weight is 257 g/mol. The van der Waals surface area contributed by atoms with Gasteiger partial charge in [-0.15, -0.1) is 0 Å². The Morgan fingerprint density at radius 3 is 2.63 bits per heavy atom. The lowest BCUT2D eigenvalue weighted by molar-refractivity contribution is -0.112. The zero-order valence-corrected chi connectivity index (χ0v) is 10.6. The number of nitrogens with zero attached hydrogens (tertiary/aromatic N) is 1. The molecule has 2 rings (SSSR count). The molecule has 0 spiro atoms. The van der Waals surface area contributed by atoms with Gasteiger partial charge >= 0.3 is 0 Å². The fourth-order valence-electron chi connectivity index (χ4n) is 1.47. The minimum Gasteiger partial charge on any atom is -0.497 e. The minimum atomic E-state index is -0.416. The number of hydrogen-bond acceptors (Lipinski definition) is 4. The topological polar surface area (TPSA) is 74.1 Å². The minimum absolute atomic E-state index is 0.0720. The fourth-order valence-corrected chi connectivity index (χ4v) is 1.47. The fraction of sp³-hybridized carbons (Fsp3) is 0.286. The van der Waals surface area contributed by atoms with Crippen LogP contribution >= 0.6 is 0 Å². The van der Waals surface area contributed by atoms with Gasteiger partial charge in [-0.25, -0.2) is 0 Å². The van der Waals surface area contributed by atoms with Crippen molar-refractivity contribution in [2.75, 3.05) is 12.4 Å². The van der Waals surface area contributed by atoms with Gasteiger partial charge in [-0.1, -0.05) is 0 Å². The summed E-state index contributed by atoms with van der Waals surface area (Å²) in [5.74, 6) is 0.297. The Balaban J connectivity index is 1.97. The van der Waals surface area contributed by atoms with E-state index in [-0.39, 0.29) is 5.57 Å². The van der Waals surface area contributed by atoms with Crippen LogP contribution < -0.4 is 15.4 Å². The lowest BCUT2D eigenvalue weighted by atomic mass is 10.2. The van der Waals surface area contributed by atoms with Crippen molar-refractivity contribution in [1.29, 1.82) is 5.26 Å². The quantitative estimate of drug-likeness (QED) is 0.623. The lowest BCUT2D eigenvalue weighted by Gasteiger charge is -2.05. The number of rotatable bonds is 5. The van der Waals surface area contributed by atoms with Crippen LogP contribution in [-0.2, 0) is 4.79 Å². The Kier molecular flexibility index (Phi) is 4.04. The van der Waals surface area contributed by atoms with E-state index in [1.807, 2.05) is 6.07 Å². The van der Waals surface area contributed by atoms with Crippen molar-refractivity contribution in [3.63, 3.8) is 0 Å². The molecule has 2 N–H and O–H groups in total. The van der Waals surface area contributed by atoms with E-state index < -0.39 is 5.91 Å². The molecular weight excluding hydrogens is 242 g/mol. The molecule has 0 atom stereocenters. The molecule has 1 saturated carbocycles. The second kappa shape index (κ2) is 5.91. The number of amides is 1. The maximum atomic E-state index is 11.9. The summed E-state index contributed by atoms with van der Waals surface area (Å²) in [6.07, 6.45) is 3.67. The van der Waals surface area contributed by atoms with Gasteiger partial charge in [-0.05, 0) is 37.1 Å². The maximum absolute atomic E-state index is 11.9. The number of hydrogen-bond donors (Lipinski definition) is 2. The van der Waals surface area contributed by atoms with Crippen LogP contribution in [0.4, 0.5) is 5.69 Å². The molecule has 5 heteroatoms. The van der Waals surface area contributed by atoms with Gasteiger partial charge in [0.15, 0.2) is 0 Å². The van der Waals surface area contributed by atoms with Crippen molar-refractivity contribution in [2.45, 2.75) is 18.9 Å². The van der Waals surface area contributed by atoms with Gasteiger partial charge < -0.3 is 15.4 Å². The first-order valence-corrected chi connectivity index (χ1v) is 6.04. The third kappa shape index (κ3) is 3.75. The molecule has 1 aromatic rings. The maximum Gasteiger partial charge on any atom is 0.267 e. The summed E-state index contributed by atoms with van der Waals surface area (Å²) in [4.78, 5) is 11.9. The van der Waals surface area contributed by atoms with Crippen molar-refractivity contribution >= 4 is 11.6 Å². The monoisotopic (exact) mass is 257 g/mol. The smallest absolute Gasteiger partial charge is 0.267 e. The Morgan fingerprint density at radius 2 is 2.11 bits per heavy atom. The summed E-state index contributed by atoms with van der Waals surface area (Å²) in [6, 6.07) is 9.24. The van der Waals surface area contributed by atoms with Gasteiger partial charge in [0.2, 0.25) is 0 Å². The van der Waals surface area contributed by atoms with E-state index in [0.717, 1.165) is 12.8 Å². The van der Waals surface area contributed by atoms with E-state index in [1.165, 1.54) is 6.20 Å². The predicted octanol–water partition coefficient (Wildman–Crippen LogP) is 1.79. The Morgan fingerprint density at radius 1 is 1.42 bits per heavy atom. The summed E-state index contributed by atoms with van der Waals surface area (Å²) < 4.78 is 5.03. The van der Waals surface area contributed by atoms with Crippen molar-refractivity contribution < 1.29 is 9.53 Å². The molecule has 19 heavy (non-hydrogen) atoms. The molecule has 1 aliphatic rings. The molecule has 5 nitrogen and oxygen atoms in total. The predicted molar refractivity (Wildman–Crippen MR) is 71.5 cm³/mol. The number of nitriles is 1. The summed E-state index contributed by atoms with van der Waals surface area (Å²) in [6.45, 7) is 0. The Hall–Kier alpha value is -2.48. The van der Waals surface area contributed by atoms with Crippen molar-refractivity contribution in [3.8, 4) is 11.8 Å². The molecule has 0 aromatic heterocycles. The molecule has 0 radical (unpaired) electrons. The van der Waals surface area contributed by atoms with Gasteiger partial charge in [0, 0.05) is 17.9 Å². The molecule has 0 bridgehead atoms. The second-order valence-electron chi connectivity index (χ2n) is 4.29. The second-order valence-corrected chi connectivity index (χ2v) is 4.29. The van der Waals surface area contributed by atoms with Crippen LogP contribution in [0.15, 0.2) is 36.0 Å². The lowest BCUT2D eigenvalue weighted by Crippen LogP contribution is -2.17. The van der Waals surface area contributed by atoms with Crippen molar-refractivity contribution in [3.05, 3.63) is 36.0 Å². The highest BCUT2D eigenvalue weighted by atomic mass is 16.5.